The summed E-state index contributed by atoms with van der Waals surface area (Å²) >= 11 is 0. The molecule has 4 saturated carbocycles. The molecule has 8 rings (SSSR count). The Morgan fingerprint density at radius 2 is 1.29 bits per heavy atom. The number of aliphatic hydroxyl groups excluding tert-OH is 7. The van der Waals surface area contributed by atoms with Crippen molar-refractivity contribution in [3.8, 4) is 0 Å². The SMILES string of the molecule is C[C@@H]1O[C@@H](O[C@H]2[C@H](O[C@H]3CC[C@]4(C)[C@H]5CC=C6[C@@H]7C[C@](C)(O)CC[C@]7(C(=O)O)CC[C@@]6(C)[C@]5(C)CC[C@H]4C3(C)C)OC[C@H](O)[C@@H]2O)[C@H](O[C@@H]2O[C@H](C)[C@@H](O)[C@@H](O)[C@H]2O)[C@H](O)[C@H]1O. The predicted octanol–water partition coefficient (Wildman–Crippen LogP) is 2.13. The monoisotopic (exact) mass is 882 g/mol. The highest BCUT2D eigenvalue weighted by molar-refractivity contribution is 5.76. The van der Waals surface area contributed by atoms with Gasteiger partial charge in [0.2, 0.25) is 0 Å². The second-order valence-corrected chi connectivity index (χ2v) is 22.3. The quantitative estimate of drug-likeness (QED) is 0.131. The van der Waals surface area contributed by atoms with E-state index >= 15 is 0 Å². The Labute approximate surface area is 364 Å². The van der Waals surface area contributed by atoms with E-state index in [0.29, 0.717) is 38.0 Å². The molecule has 7 fully saturated rings. The van der Waals surface area contributed by atoms with Crippen LogP contribution >= 0.6 is 0 Å². The summed E-state index contributed by atoms with van der Waals surface area (Å²) < 4.78 is 36.9. The van der Waals surface area contributed by atoms with Crippen LogP contribution in [0, 0.1) is 44.8 Å². The molecule has 0 unspecified atom stereocenters. The summed E-state index contributed by atoms with van der Waals surface area (Å²) in [6.07, 6.45) is -10.8. The van der Waals surface area contributed by atoms with Crippen molar-refractivity contribution in [3.05, 3.63) is 11.6 Å². The lowest BCUT2D eigenvalue weighted by atomic mass is 9.33. The summed E-state index contributed by atoms with van der Waals surface area (Å²) in [5, 5.41) is 97.7. The average Bonchev–Trinajstić information content (AvgIpc) is 3.20. The van der Waals surface area contributed by atoms with E-state index in [9.17, 15) is 50.8 Å². The smallest absolute Gasteiger partial charge is 0.310 e. The molecule has 3 saturated heterocycles. The van der Waals surface area contributed by atoms with E-state index in [1.54, 1.807) is 0 Å². The van der Waals surface area contributed by atoms with E-state index in [1.165, 1.54) is 19.4 Å². The maximum atomic E-state index is 13.0. The second kappa shape index (κ2) is 16.2. The Bertz CT molecular complexity index is 1710. The first-order chi connectivity index (χ1) is 28.8. The molecule has 354 valence electrons. The Morgan fingerprint density at radius 3 is 1.97 bits per heavy atom. The van der Waals surface area contributed by atoms with Crippen molar-refractivity contribution in [2.45, 2.75) is 217 Å². The molecular formula is C46H74O16. The van der Waals surface area contributed by atoms with Crippen molar-refractivity contribution in [1.82, 2.24) is 0 Å². The minimum Gasteiger partial charge on any atom is -0.481 e. The van der Waals surface area contributed by atoms with Gasteiger partial charge in [0.15, 0.2) is 18.9 Å². The van der Waals surface area contributed by atoms with Crippen molar-refractivity contribution in [2.75, 3.05) is 6.61 Å². The van der Waals surface area contributed by atoms with Gasteiger partial charge >= 0.3 is 5.97 Å². The molecular weight excluding hydrogens is 808 g/mol. The van der Waals surface area contributed by atoms with Crippen molar-refractivity contribution in [1.29, 1.82) is 0 Å². The molecule has 9 N–H and O–H groups in total. The van der Waals surface area contributed by atoms with Crippen molar-refractivity contribution < 1.29 is 79.2 Å². The van der Waals surface area contributed by atoms with Crippen LogP contribution in [0.2, 0.25) is 0 Å². The van der Waals surface area contributed by atoms with Crippen LogP contribution in [0.5, 0.6) is 0 Å². The lowest BCUT2D eigenvalue weighted by molar-refractivity contribution is -0.389. The Hall–Kier alpha value is -1.35. The van der Waals surface area contributed by atoms with Gasteiger partial charge in [-0.25, -0.2) is 0 Å². The summed E-state index contributed by atoms with van der Waals surface area (Å²) in [5.41, 5.74) is -1.34. The molecule has 3 heterocycles. The number of carbonyl (C=O) groups is 1. The maximum Gasteiger partial charge on any atom is 0.310 e. The number of hydrogen-bond donors (Lipinski definition) is 9. The van der Waals surface area contributed by atoms with Crippen LogP contribution < -0.4 is 0 Å². The van der Waals surface area contributed by atoms with Crippen molar-refractivity contribution in [2.24, 2.45) is 44.8 Å². The number of ether oxygens (including phenoxy) is 6. The standard InChI is InChI=1S/C46H74O16/c1-21-29(48)32(51)34(53)37(58-21)61-36-33(52)30(49)22(2)59-39(36)62-35-31(50)25(47)20-57-38(35)60-28-12-13-43(6)26(41(28,3)4)11-14-45(8)27(43)10-9-23-24-19-42(5,56)15-17-46(24,40(54)55)18-16-44(23,45)7/h9,21-22,24-39,47-53,56H,10-20H2,1-8H3,(H,54,55)/t21-,22+,24+,25+,26+,27-,28+,29-,30+,31+,32-,33-,34-,35-,36-,37+,38+,39+,42-,43+,44-,45-,46+/m1/s1. The van der Waals surface area contributed by atoms with Crippen LogP contribution in [-0.4, -0.2) is 156 Å². The number of carboxylic acid groups (broad SMARTS) is 1. The Balaban J connectivity index is 1.02. The molecule has 8 aliphatic rings. The molecule has 16 nitrogen and oxygen atoms in total. The van der Waals surface area contributed by atoms with Crippen LogP contribution in [0.1, 0.15) is 120 Å². The number of carboxylic acids is 1. The minimum atomic E-state index is -1.73. The molecule has 0 bridgehead atoms. The van der Waals surface area contributed by atoms with Crippen LogP contribution in [0.15, 0.2) is 11.6 Å². The molecule has 0 radical (unpaired) electrons. The average molecular weight is 883 g/mol. The highest BCUT2D eigenvalue weighted by Gasteiger charge is 2.70. The lowest BCUT2D eigenvalue weighted by Crippen LogP contribution is -2.66. The van der Waals surface area contributed by atoms with Gasteiger partial charge in [0.1, 0.15) is 54.9 Å². The third-order valence-electron chi connectivity index (χ3n) is 18.7. The zero-order valence-electron chi connectivity index (χ0n) is 37.6. The zero-order valence-corrected chi connectivity index (χ0v) is 37.6. The fraction of sp³-hybridized carbons (Fsp3) is 0.935. The van der Waals surface area contributed by atoms with Gasteiger partial charge < -0.3 is 74.4 Å². The second-order valence-electron chi connectivity index (χ2n) is 22.3. The molecule has 0 spiro atoms. The predicted molar refractivity (Wildman–Crippen MR) is 219 cm³/mol. The van der Waals surface area contributed by atoms with Gasteiger partial charge in [0.25, 0.3) is 0 Å². The Morgan fingerprint density at radius 1 is 0.677 bits per heavy atom. The lowest BCUT2D eigenvalue weighted by Gasteiger charge is -2.71. The molecule has 0 amide bonds. The molecule has 16 heteroatoms. The third kappa shape index (κ3) is 7.19. The molecule has 5 aliphatic carbocycles. The van der Waals surface area contributed by atoms with Gasteiger partial charge in [-0.15, -0.1) is 0 Å². The van der Waals surface area contributed by atoms with Crippen LogP contribution in [0.3, 0.4) is 0 Å². The number of fused-ring (bicyclic) bond motifs is 7. The topological polar surface area (TPSA) is 255 Å². The summed E-state index contributed by atoms with van der Waals surface area (Å²) in [6, 6.07) is 0. The molecule has 0 aromatic rings. The van der Waals surface area contributed by atoms with Gasteiger partial charge in [-0.1, -0.05) is 46.3 Å². The van der Waals surface area contributed by atoms with Gasteiger partial charge in [-0.3, -0.25) is 4.79 Å². The van der Waals surface area contributed by atoms with E-state index in [2.05, 4.69) is 40.7 Å². The largest absolute Gasteiger partial charge is 0.481 e. The summed E-state index contributed by atoms with van der Waals surface area (Å²) in [7, 11) is 0. The molecule has 0 aromatic carbocycles. The number of hydrogen-bond acceptors (Lipinski definition) is 15. The summed E-state index contributed by atoms with van der Waals surface area (Å²) in [6.45, 7) is 16.3. The van der Waals surface area contributed by atoms with Crippen molar-refractivity contribution in [3.63, 3.8) is 0 Å². The first-order valence-corrected chi connectivity index (χ1v) is 23.1. The highest BCUT2D eigenvalue weighted by atomic mass is 16.8. The van der Waals surface area contributed by atoms with Crippen LogP contribution in [0.4, 0.5) is 0 Å². The third-order valence-corrected chi connectivity index (χ3v) is 18.7. The summed E-state index contributed by atoms with van der Waals surface area (Å²) in [4.78, 5) is 13.0. The van der Waals surface area contributed by atoms with Gasteiger partial charge in [0, 0.05) is 0 Å². The summed E-state index contributed by atoms with van der Waals surface area (Å²) in [5.74, 6) is -0.416. The van der Waals surface area contributed by atoms with E-state index in [-0.39, 0.29) is 40.8 Å². The van der Waals surface area contributed by atoms with Crippen LogP contribution in [-0.2, 0) is 33.2 Å². The maximum absolute atomic E-state index is 13.0. The van der Waals surface area contributed by atoms with Gasteiger partial charge in [0.05, 0.1) is 35.9 Å². The van der Waals surface area contributed by atoms with E-state index in [1.807, 2.05) is 6.92 Å². The zero-order chi connectivity index (χ0) is 45.3. The number of rotatable bonds is 7. The number of aliphatic carboxylic acids is 1. The van der Waals surface area contributed by atoms with E-state index < -0.39 is 108 Å². The highest BCUT2D eigenvalue weighted by Crippen LogP contribution is 2.75. The van der Waals surface area contributed by atoms with E-state index in [4.69, 9.17) is 28.4 Å². The molecule has 23 atom stereocenters. The van der Waals surface area contributed by atoms with Gasteiger partial charge in [-0.2, -0.15) is 0 Å². The van der Waals surface area contributed by atoms with E-state index in [0.717, 1.165) is 32.1 Å². The molecule has 62 heavy (non-hydrogen) atoms. The van der Waals surface area contributed by atoms with Crippen molar-refractivity contribution >= 4 is 5.97 Å². The normalized spacial score (nSPS) is 56.4. The van der Waals surface area contributed by atoms with Gasteiger partial charge in [-0.05, 0) is 124 Å². The Kier molecular flexibility index (Phi) is 12.3. The fourth-order valence-electron chi connectivity index (χ4n) is 14.5. The fourth-order valence-corrected chi connectivity index (χ4v) is 14.5. The molecule has 0 aromatic heterocycles. The minimum absolute atomic E-state index is 0.0969. The number of aliphatic hydroxyl groups is 8. The number of allylic oxidation sites excluding steroid dienone is 2. The molecule has 3 aliphatic heterocycles. The first-order valence-electron chi connectivity index (χ1n) is 23.1. The first kappa shape index (κ1) is 47.2. The van der Waals surface area contributed by atoms with Crippen LogP contribution in [0.25, 0.3) is 0 Å².